The number of carboxylic acid groups (broad SMARTS) is 1. The Labute approximate surface area is 119 Å². The third-order valence-electron chi connectivity index (χ3n) is 1.88. The van der Waals surface area contributed by atoms with Crippen LogP contribution in [0, 0.1) is 0 Å². The zero-order chi connectivity index (χ0) is 15.8. The second-order valence-electron chi connectivity index (χ2n) is 3.69. The highest BCUT2D eigenvalue weighted by Gasteiger charge is 2.11. The molecule has 1 aromatic carbocycles. The van der Waals surface area contributed by atoms with Crippen LogP contribution in [0.25, 0.3) is 6.08 Å². The lowest BCUT2D eigenvalue weighted by atomic mass is 10.2. The van der Waals surface area contributed by atoms with Crippen LogP contribution in [0.2, 0.25) is 0 Å². The number of benzene rings is 1. The van der Waals surface area contributed by atoms with E-state index in [1.807, 2.05) is 0 Å². The van der Waals surface area contributed by atoms with Crippen LogP contribution >= 0.6 is 0 Å². The molecular weight excluding hydrogens is 284 g/mol. The van der Waals surface area contributed by atoms with Crippen molar-refractivity contribution < 1.29 is 39.0 Å². The smallest absolute Gasteiger partial charge is 0.352 e. The SMILES string of the molecule is CC(=O)OOc1ccc(C=CC(=O)O)cc1OOC(C)=O. The van der Waals surface area contributed by atoms with E-state index in [0.717, 1.165) is 19.9 Å². The maximum absolute atomic E-state index is 10.7. The molecule has 1 rings (SSSR count). The fourth-order valence-corrected chi connectivity index (χ4v) is 1.14. The van der Waals surface area contributed by atoms with E-state index >= 15 is 0 Å². The van der Waals surface area contributed by atoms with Gasteiger partial charge in [0.25, 0.3) is 0 Å². The highest BCUT2D eigenvalue weighted by molar-refractivity contribution is 5.85. The second kappa shape index (κ2) is 7.53. The summed E-state index contributed by atoms with van der Waals surface area (Å²) in [5, 5.41) is 8.55. The fourth-order valence-electron chi connectivity index (χ4n) is 1.14. The number of carboxylic acids is 1. The molecule has 0 aliphatic carbocycles. The Balaban J connectivity index is 2.97. The number of carbonyl (C=O) groups is 3. The normalized spacial score (nSPS) is 10.0. The van der Waals surface area contributed by atoms with Crippen molar-refractivity contribution in [2.75, 3.05) is 0 Å². The average molecular weight is 296 g/mol. The first kappa shape index (κ1) is 16.0. The Hall–Kier alpha value is -3.03. The van der Waals surface area contributed by atoms with E-state index in [4.69, 9.17) is 14.9 Å². The van der Waals surface area contributed by atoms with Gasteiger partial charge in [0.2, 0.25) is 11.5 Å². The van der Waals surface area contributed by atoms with Crippen LogP contribution in [0.15, 0.2) is 24.3 Å². The Morgan fingerprint density at radius 1 is 1.00 bits per heavy atom. The maximum Gasteiger partial charge on any atom is 0.352 e. The molecule has 0 bridgehead atoms. The van der Waals surface area contributed by atoms with E-state index in [1.54, 1.807) is 0 Å². The molecule has 0 aliphatic rings. The summed E-state index contributed by atoms with van der Waals surface area (Å²) in [6, 6.07) is 4.17. The molecule has 0 aromatic heterocycles. The van der Waals surface area contributed by atoms with Crippen LogP contribution in [-0.2, 0) is 24.2 Å². The summed E-state index contributed by atoms with van der Waals surface area (Å²) in [5.41, 5.74) is 0.440. The summed E-state index contributed by atoms with van der Waals surface area (Å²) in [6.45, 7) is 2.26. The molecule has 0 unspecified atom stereocenters. The highest BCUT2D eigenvalue weighted by atomic mass is 17.2. The van der Waals surface area contributed by atoms with E-state index in [2.05, 4.69) is 9.78 Å². The topological polar surface area (TPSA) is 108 Å². The third kappa shape index (κ3) is 6.10. The van der Waals surface area contributed by atoms with Crippen molar-refractivity contribution >= 4 is 24.0 Å². The molecule has 21 heavy (non-hydrogen) atoms. The summed E-state index contributed by atoms with van der Waals surface area (Å²) >= 11 is 0. The zero-order valence-corrected chi connectivity index (χ0v) is 11.2. The number of aliphatic carboxylic acids is 1. The lowest BCUT2D eigenvalue weighted by molar-refractivity contribution is -0.223. The Morgan fingerprint density at radius 3 is 2.10 bits per heavy atom. The molecule has 0 spiro atoms. The van der Waals surface area contributed by atoms with E-state index in [0.29, 0.717) is 5.56 Å². The van der Waals surface area contributed by atoms with Crippen LogP contribution in [0.1, 0.15) is 19.4 Å². The van der Waals surface area contributed by atoms with Gasteiger partial charge in [-0.25, -0.2) is 14.4 Å². The quantitative estimate of drug-likeness (QED) is 0.478. The van der Waals surface area contributed by atoms with Gasteiger partial charge in [0.1, 0.15) is 0 Å². The van der Waals surface area contributed by atoms with Crippen molar-refractivity contribution in [3.63, 3.8) is 0 Å². The summed E-state index contributed by atoms with van der Waals surface area (Å²) in [6.07, 6.45) is 2.20. The minimum absolute atomic E-state index is 0.0288. The van der Waals surface area contributed by atoms with Crippen molar-refractivity contribution in [1.82, 2.24) is 0 Å². The van der Waals surface area contributed by atoms with Gasteiger partial charge in [-0.3, -0.25) is 19.6 Å². The fraction of sp³-hybridized carbons (Fsp3) is 0.154. The first-order chi connectivity index (χ1) is 9.88. The molecule has 1 aromatic rings. The molecule has 8 nitrogen and oxygen atoms in total. The predicted molar refractivity (Wildman–Crippen MR) is 67.9 cm³/mol. The first-order valence-electron chi connectivity index (χ1n) is 5.63. The third-order valence-corrected chi connectivity index (χ3v) is 1.88. The molecule has 0 radical (unpaired) electrons. The van der Waals surface area contributed by atoms with E-state index in [1.165, 1.54) is 24.3 Å². The molecule has 0 amide bonds. The minimum Gasteiger partial charge on any atom is -0.478 e. The van der Waals surface area contributed by atoms with Crippen LogP contribution in [0.3, 0.4) is 0 Å². The molecule has 0 fully saturated rings. The van der Waals surface area contributed by atoms with Gasteiger partial charge in [0.05, 0.1) is 0 Å². The van der Waals surface area contributed by atoms with E-state index < -0.39 is 17.9 Å². The van der Waals surface area contributed by atoms with Crippen LogP contribution in [-0.4, -0.2) is 23.0 Å². The van der Waals surface area contributed by atoms with Gasteiger partial charge in [-0.05, 0) is 23.8 Å². The van der Waals surface area contributed by atoms with E-state index in [-0.39, 0.29) is 11.5 Å². The number of carbonyl (C=O) groups excluding carboxylic acids is 2. The Kier molecular flexibility index (Phi) is 5.75. The Morgan fingerprint density at radius 2 is 1.57 bits per heavy atom. The maximum atomic E-state index is 10.7. The lowest BCUT2D eigenvalue weighted by Gasteiger charge is -2.09. The predicted octanol–water partition coefficient (Wildman–Crippen LogP) is 1.50. The van der Waals surface area contributed by atoms with Crippen LogP contribution < -0.4 is 9.78 Å². The molecule has 0 aliphatic heterocycles. The first-order valence-corrected chi connectivity index (χ1v) is 5.63. The highest BCUT2D eigenvalue weighted by Crippen LogP contribution is 2.29. The summed E-state index contributed by atoms with van der Waals surface area (Å²) in [5.74, 6) is -2.63. The summed E-state index contributed by atoms with van der Waals surface area (Å²) < 4.78 is 0. The van der Waals surface area contributed by atoms with Crippen LogP contribution in [0.5, 0.6) is 11.5 Å². The van der Waals surface area contributed by atoms with Gasteiger partial charge in [0, 0.05) is 19.9 Å². The average Bonchev–Trinajstić information content (AvgIpc) is 2.41. The van der Waals surface area contributed by atoms with Crippen LogP contribution in [0.4, 0.5) is 0 Å². The molecule has 0 saturated heterocycles. The van der Waals surface area contributed by atoms with Crippen molar-refractivity contribution in [3.8, 4) is 11.5 Å². The van der Waals surface area contributed by atoms with Gasteiger partial charge in [-0.1, -0.05) is 6.07 Å². The molecule has 8 heteroatoms. The second-order valence-corrected chi connectivity index (χ2v) is 3.69. The van der Waals surface area contributed by atoms with Crippen molar-refractivity contribution in [2.45, 2.75) is 13.8 Å². The Bertz CT molecular complexity index is 576. The zero-order valence-electron chi connectivity index (χ0n) is 11.2. The molecular formula is C13H12O8. The van der Waals surface area contributed by atoms with Crippen molar-refractivity contribution in [3.05, 3.63) is 29.8 Å². The summed E-state index contributed by atoms with van der Waals surface area (Å²) in [4.78, 5) is 50.0. The van der Waals surface area contributed by atoms with Gasteiger partial charge in [-0.15, -0.1) is 0 Å². The monoisotopic (exact) mass is 296 g/mol. The standard InChI is InChI=1S/C13H12O8/c1-8(14)18-20-11-5-3-10(4-6-13(16)17)7-12(11)21-19-9(2)15/h3-7H,1-2H3,(H,16,17). The van der Waals surface area contributed by atoms with Crippen molar-refractivity contribution in [1.29, 1.82) is 0 Å². The van der Waals surface area contributed by atoms with E-state index in [9.17, 15) is 14.4 Å². The lowest BCUT2D eigenvalue weighted by Crippen LogP contribution is -2.07. The number of rotatable bonds is 6. The van der Waals surface area contributed by atoms with Gasteiger partial charge in [0.15, 0.2) is 0 Å². The number of hydrogen-bond donors (Lipinski definition) is 1. The molecule has 0 atom stereocenters. The molecule has 0 heterocycles. The molecule has 1 N–H and O–H groups in total. The number of hydrogen-bond acceptors (Lipinski definition) is 7. The van der Waals surface area contributed by atoms with Gasteiger partial charge >= 0.3 is 17.9 Å². The van der Waals surface area contributed by atoms with Gasteiger partial charge in [-0.2, -0.15) is 0 Å². The molecule has 112 valence electrons. The van der Waals surface area contributed by atoms with Crippen molar-refractivity contribution in [2.24, 2.45) is 0 Å². The minimum atomic E-state index is -1.13. The summed E-state index contributed by atoms with van der Waals surface area (Å²) in [7, 11) is 0. The largest absolute Gasteiger partial charge is 0.478 e. The van der Waals surface area contributed by atoms with Gasteiger partial charge < -0.3 is 5.11 Å². The molecule has 0 saturated carbocycles.